The van der Waals surface area contributed by atoms with Crippen LogP contribution in [0.15, 0.2) is 54.8 Å². The number of ether oxygens (including phenoxy) is 1. The Kier molecular flexibility index (Phi) is 7.37. The fourth-order valence-corrected chi connectivity index (χ4v) is 3.89. The Morgan fingerprint density at radius 3 is 2.29 bits per heavy atom. The number of rotatable bonds is 7. The van der Waals surface area contributed by atoms with E-state index < -0.39 is 5.97 Å². The molecule has 1 atom stereocenters. The number of piperidine rings is 1. The van der Waals surface area contributed by atoms with E-state index in [4.69, 9.17) is 27.9 Å². The molecule has 0 aliphatic carbocycles. The molecule has 3 rings (SSSR count). The van der Waals surface area contributed by atoms with Gasteiger partial charge in [-0.1, -0.05) is 59.6 Å². The third-order valence-electron chi connectivity index (χ3n) is 4.91. The Labute approximate surface area is 175 Å². The van der Waals surface area contributed by atoms with Gasteiger partial charge in [0.05, 0.1) is 12.2 Å². The smallest absolute Gasteiger partial charge is 0.307 e. The summed E-state index contributed by atoms with van der Waals surface area (Å²) < 4.78 is 5.84. The van der Waals surface area contributed by atoms with Gasteiger partial charge in [0.2, 0.25) is 0 Å². The number of carboxylic acid groups (broad SMARTS) is 1. The second kappa shape index (κ2) is 9.97. The lowest BCUT2D eigenvalue weighted by Gasteiger charge is -2.30. The molecule has 2 aromatic carbocycles. The summed E-state index contributed by atoms with van der Waals surface area (Å²) in [4.78, 5) is 13.3. The first kappa shape index (κ1) is 20.7. The molecule has 148 valence electrons. The van der Waals surface area contributed by atoms with Crippen LogP contribution in [-0.4, -0.2) is 42.2 Å². The number of hydrogen-bond acceptors (Lipinski definition) is 3. The maximum Gasteiger partial charge on any atom is 0.307 e. The molecule has 1 N–H and O–H groups in total. The van der Waals surface area contributed by atoms with E-state index in [-0.39, 0.29) is 5.92 Å². The Hall–Kier alpha value is -2.01. The van der Waals surface area contributed by atoms with E-state index in [9.17, 15) is 9.90 Å². The lowest BCUT2D eigenvalue weighted by atomic mass is 9.98. The summed E-state index contributed by atoms with van der Waals surface area (Å²) in [7, 11) is 0. The maximum atomic E-state index is 11.2. The van der Waals surface area contributed by atoms with E-state index in [1.54, 1.807) is 6.26 Å². The molecule has 4 nitrogen and oxygen atoms in total. The van der Waals surface area contributed by atoms with Crippen LogP contribution < -0.4 is 0 Å². The summed E-state index contributed by atoms with van der Waals surface area (Å²) in [5.41, 5.74) is 2.51. The SMILES string of the molecule is O=C(O)C1CCCN(CCOC=C(c2ccccc2Cl)c2ccccc2Cl)C1. The van der Waals surface area contributed by atoms with E-state index in [0.29, 0.717) is 29.7 Å². The number of halogens is 2. The predicted molar refractivity (Wildman–Crippen MR) is 113 cm³/mol. The van der Waals surface area contributed by atoms with Crippen molar-refractivity contribution in [2.24, 2.45) is 5.92 Å². The fraction of sp³-hybridized carbons (Fsp3) is 0.318. The highest BCUT2D eigenvalue weighted by atomic mass is 35.5. The summed E-state index contributed by atoms with van der Waals surface area (Å²) in [5.74, 6) is -1.00. The Balaban J connectivity index is 1.71. The molecule has 1 aliphatic heterocycles. The van der Waals surface area contributed by atoms with Crippen LogP contribution in [0.1, 0.15) is 24.0 Å². The number of carbonyl (C=O) groups is 1. The average molecular weight is 420 g/mol. The first-order valence-corrected chi connectivity index (χ1v) is 10.1. The van der Waals surface area contributed by atoms with Crippen LogP contribution in [0.3, 0.4) is 0 Å². The summed E-state index contributed by atoms with van der Waals surface area (Å²) >= 11 is 12.8. The number of hydrogen-bond donors (Lipinski definition) is 1. The molecule has 1 saturated heterocycles. The highest BCUT2D eigenvalue weighted by Gasteiger charge is 2.24. The molecule has 2 aromatic rings. The molecule has 28 heavy (non-hydrogen) atoms. The Morgan fingerprint density at radius 2 is 1.71 bits per heavy atom. The van der Waals surface area contributed by atoms with Gasteiger partial charge in [-0.2, -0.15) is 0 Å². The van der Waals surface area contributed by atoms with E-state index in [1.165, 1.54) is 0 Å². The van der Waals surface area contributed by atoms with Crippen molar-refractivity contribution >= 4 is 34.7 Å². The zero-order valence-corrected chi connectivity index (χ0v) is 17.0. The largest absolute Gasteiger partial charge is 0.499 e. The Morgan fingerprint density at radius 1 is 1.11 bits per heavy atom. The van der Waals surface area contributed by atoms with Gasteiger partial charge in [-0.25, -0.2) is 0 Å². The summed E-state index contributed by atoms with van der Waals surface area (Å²) in [6.07, 6.45) is 3.34. The van der Waals surface area contributed by atoms with Crippen molar-refractivity contribution in [1.29, 1.82) is 0 Å². The van der Waals surface area contributed by atoms with Crippen LogP contribution in [0.2, 0.25) is 10.0 Å². The molecular weight excluding hydrogens is 397 g/mol. The van der Waals surface area contributed by atoms with E-state index in [0.717, 1.165) is 36.1 Å². The Bertz CT molecular complexity index is 806. The lowest BCUT2D eigenvalue weighted by Crippen LogP contribution is -2.40. The summed E-state index contributed by atoms with van der Waals surface area (Å²) in [6, 6.07) is 15.1. The second-order valence-corrected chi connectivity index (χ2v) is 7.65. The van der Waals surface area contributed by atoms with Crippen molar-refractivity contribution < 1.29 is 14.6 Å². The van der Waals surface area contributed by atoms with Crippen molar-refractivity contribution in [3.05, 3.63) is 76.0 Å². The van der Waals surface area contributed by atoms with E-state index in [1.807, 2.05) is 48.5 Å². The first-order valence-electron chi connectivity index (χ1n) is 9.33. The standard InChI is InChI=1S/C22H23Cl2NO3/c23-20-9-3-1-7-17(20)19(18-8-2-4-10-21(18)24)15-28-13-12-25-11-5-6-16(14-25)22(26)27/h1-4,7-10,15-16H,5-6,11-14H2,(H,26,27). The van der Waals surface area contributed by atoms with Crippen LogP contribution in [0.5, 0.6) is 0 Å². The summed E-state index contributed by atoms with van der Waals surface area (Å²) in [5, 5.41) is 10.5. The van der Waals surface area contributed by atoms with Crippen LogP contribution >= 0.6 is 23.2 Å². The molecule has 1 unspecified atom stereocenters. The van der Waals surface area contributed by atoms with Gasteiger partial charge < -0.3 is 9.84 Å². The molecular formula is C22H23Cl2NO3. The molecule has 1 heterocycles. The minimum absolute atomic E-state index is 0.286. The third kappa shape index (κ3) is 5.28. The molecule has 0 amide bonds. The highest BCUT2D eigenvalue weighted by Crippen LogP contribution is 2.33. The minimum Gasteiger partial charge on any atom is -0.499 e. The van der Waals surface area contributed by atoms with Crippen molar-refractivity contribution in [3.63, 3.8) is 0 Å². The molecule has 0 saturated carbocycles. The predicted octanol–water partition coefficient (Wildman–Crippen LogP) is 5.20. The first-order chi connectivity index (χ1) is 13.6. The van der Waals surface area contributed by atoms with Crippen molar-refractivity contribution in [2.45, 2.75) is 12.8 Å². The zero-order chi connectivity index (χ0) is 19.9. The third-order valence-corrected chi connectivity index (χ3v) is 5.57. The number of nitrogens with zero attached hydrogens (tertiary/aromatic N) is 1. The zero-order valence-electron chi connectivity index (χ0n) is 15.5. The van der Waals surface area contributed by atoms with Gasteiger partial charge in [-0.05, 0) is 31.5 Å². The topological polar surface area (TPSA) is 49.8 Å². The van der Waals surface area contributed by atoms with Crippen LogP contribution in [-0.2, 0) is 9.53 Å². The quantitative estimate of drug-likeness (QED) is 0.495. The normalized spacial score (nSPS) is 17.1. The van der Waals surface area contributed by atoms with Gasteiger partial charge in [-0.3, -0.25) is 9.69 Å². The molecule has 0 radical (unpaired) electrons. The van der Waals surface area contributed by atoms with Gasteiger partial charge in [0.15, 0.2) is 0 Å². The van der Waals surface area contributed by atoms with E-state index in [2.05, 4.69) is 4.90 Å². The average Bonchev–Trinajstić information content (AvgIpc) is 2.70. The highest BCUT2D eigenvalue weighted by molar-refractivity contribution is 6.34. The molecule has 1 aliphatic rings. The minimum atomic E-state index is -0.717. The van der Waals surface area contributed by atoms with Crippen molar-refractivity contribution in [1.82, 2.24) is 4.90 Å². The lowest BCUT2D eigenvalue weighted by molar-refractivity contribution is -0.143. The van der Waals surface area contributed by atoms with Crippen molar-refractivity contribution in [2.75, 3.05) is 26.2 Å². The van der Waals surface area contributed by atoms with Gasteiger partial charge in [0, 0.05) is 39.8 Å². The maximum absolute atomic E-state index is 11.2. The van der Waals surface area contributed by atoms with Gasteiger partial charge in [-0.15, -0.1) is 0 Å². The number of carboxylic acids is 1. The second-order valence-electron chi connectivity index (χ2n) is 6.84. The van der Waals surface area contributed by atoms with Crippen molar-refractivity contribution in [3.8, 4) is 0 Å². The fourth-order valence-electron chi connectivity index (χ4n) is 3.42. The molecule has 6 heteroatoms. The van der Waals surface area contributed by atoms with Gasteiger partial charge in [0.1, 0.15) is 6.61 Å². The summed E-state index contributed by atoms with van der Waals surface area (Å²) in [6.45, 7) is 2.62. The van der Waals surface area contributed by atoms with Gasteiger partial charge >= 0.3 is 5.97 Å². The van der Waals surface area contributed by atoms with Crippen LogP contribution in [0, 0.1) is 5.92 Å². The van der Waals surface area contributed by atoms with Crippen LogP contribution in [0.25, 0.3) is 5.57 Å². The number of likely N-dealkylation sites (tertiary alicyclic amines) is 1. The van der Waals surface area contributed by atoms with Crippen LogP contribution in [0.4, 0.5) is 0 Å². The van der Waals surface area contributed by atoms with E-state index >= 15 is 0 Å². The number of aliphatic carboxylic acids is 1. The molecule has 1 fully saturated rings. The molecule has 0 spiro atoms. The van der Waals surface area contributed by atoms with Gasteiger partial charge in [0.25, 0.3) is 0 Å². The molecule has 0 bridgehead atoms. The monoisotopic (exact) mass is 419 g/mol. The number of benzene rings is 2. The molecule has 0 aromatic heterocycles.